The molecule has 4 rings (SSSR count). The van der Waals surface area contributed by atoms with Gasteiger partial charge in [0.15, 0.2) is 0 Å². The molecular weight excluding hydrogens is 352 g/mol. The number of morpholine rings is 1. The van der Waals surface area contributed by atoms with Crippen molar-refractivity contribution in [2.24, 2.45) is 11.7 Å². The maximum atomic E-state index is 12.6. The van der Waals surface area contributed by atoms with Gasteiger partial charge in [-0.05, 0) is 50.0 Å². The molecule has 1 atom stereocenters. The number of allylic oxidation sites excluding steroid dienone is 3. The maximum absolute atomic E-state index is 12.6. The third kappa shape index (κ3) is 4.90. The summed E-state index contributed by atoms with van der Waals surface area (Å²) in [5, 5.41) is 0. The van der Waals surface area contributed by atoms with Crippen LogP contribution in [0.1, 0.15) is 44.9 Å². The summed E-state index contributed by atoms with van der Waals surface area (Å²) in [6.45, 7) is 7.70. The number of rotatable bonds is 4. The molecule has 0 aromatic rings. The van der Waals surface area contributed by atoms with Crippen LogP contribution < -0.4 is 5.73 Å². The van der Waals surface area contributed by atoms with Crippen LogP contribution in [0.15, 0.2) is 23.4 Å². The Morgan fingerprint density at radius 3 is 2.61 bits per heavy atom. The lowest BCUT2D eigenvalue weighted by Crippen LogP contribution is -2.49. The summed E-state index contributed by atoms with van der Waals surface area (Å²) < 4.78 is 6.03. The second-order valence-corrected chi connectivity index (χ2v) is 8.86. The fourth-order valence-electron chi connectivity index (χ4n) is 5.03. The second-order valence-electron chi connectivity index (χ2n) is 8.86. The van der Waals surface area contributed by atoms with Gasteiger partial charge >= 0.3 is 6.03 Å². The Morgan fingerprint density at radius 1 is 1.11 bits per heavy atom. The van der Waals surface area contributed by atoms with Gasteiger partial charge in [0, 0.05) is 57.9 Å². The molecular formula is C22H36N4O2. The van der Waals surface area contributed by atoms with E-state index in [1.54, 1.807) is 0 Å². The van der Waals surface area contributed by atoms with Gasteiger partial charge < -0.3 is 20.3 Å². The third-order valence-electron chi connectivity index (χ3n) is 6.76. The minimum absolute atomic E-state index is 0.252. The molecule has 156 valence electrons. The number of nitrogens with two attached hydrogens (primary N) is 1. The van der Waals surface area contributed by atoms with Crippen LogP contribution in [0, 0.1) is 5.92 Å². The number of nitrogens with zero attached hydrogens (tertiary/aromatic N) is 3. The Kier molecular flexibility index (Phi) is 6.58. The first kappa shape index (κ1) is 19.8. The van der Waals surface area contributed by atoms with Crippen molar-refractivity contribution in [3.8, 4) is 0 Å². The largest absolute Gasteiger partial charge is 0.402 e. The second kappa shape index (κ2) is 9.31. The summed E-state index contributed by atoms with van der Waals surface area (Å²) >= 11 is 0. The Hall–Kier alpha value is -1.53. The first-order valence-corrected chi connectivity index (χ1v) is 11.2. The van der Waals surface area contributed by atoms with Crippen LogP contribution in [0.2, 0.25) is 0 Å². The molecule has 2 amide bonds. The zero-order valence-corrected chi connectivity index (χ0v) is 17.2. The van der Waals surface area contributed by atoms with E-state index >= 15 is 0 Å². The number of piperidine rings is 1. The quantitative estimate of drug-likeness (QED) is 0.804. The van der Waals surface area contributed by atoms with Crippen molar-refractivity contribution < 1.29 is 9.53 Å². The van der Waals surface area contributed by atoms with Gasteiger partial charge in [0.05, 0.1) is 12.7 Å². The first-order valence-electron chi connectivity index (χ1n) is 11.2. The van der Waals surface area contributed by atoms with Gasteiger partial charge in [-0.2, -0.15) is 0 Å². The van der Waals surface area contributed by atoms with Gasteiger partial charge in [-0.15, -0.1) is 0 Å². The molecule has 3 aliphatic heterocycles. The van der Waals surface area contributed by atoms with E-state index in [1.807, 2.05) is 4.90 Å². The van der Waals surface area contributed by atoms with E-state index < -0.39 is 0 Å². The van der Waals surface area contributed by atoms with E-state index in [-0.39, 0.29) is 12.1 Å². The van der Waals surface area contributed by atoms with Crippen molar-refractivity contribution in [2.75, 3.05) is 52.4 Å². The van der Waals surface area contributed by atoms with Gasteiger partial charge in [-0.25, -0.2) is 4.79 Å². The van der Waals surface area contributed by atoms with Crippen LogP contribution in [-0.2, 0) is 4.74 Å². The lowest BCUT2D eigenvalue weighted by Gasteiger charge is -2.39. The SMILES string of the molecule is NC1=C(CC2CN(CC3CCN(C(=O)N4CCCC4)CC3)CCO2)C=CCC1. The molecule has 0 aromatic heterocycles. The summed E-state index contributed by atoms with van der Waals surface area (Å²) in [5.74, 6) is 0.695. The van der Waals surface area contributed by atoms with Gasteiger partial charge in [0.1, 0.15) is 0 Å². The molecule has 1 aliphatic carbocycles. The van der Waals surface area contributed by atoms with E-state index in [1.165, 1.54) is 18.4 Å². The highest BCUT2D eigenvalue weighted by molar-refractivity contribution is 5.74. The minimum atomic E-state index is 0.252. The van der Waals surface area contributed by atoms with E-state index in [0.717, 1.165) is 90.2 Å². The Labute approximate surface area is 169 Å². The molecule has 2 N–H and O–H groups in total. The monoisotopic (exact) mass is 388 g/mol. The molecule has 3 heterocycles. The third-order valence-corrected chi connectivity index (χ3v) is 6.76. The highest BCUT2D eigenvalue weighted by Gasteiger charge is 2.30. The molecule has 28 heavy (non-hydrogen) atoms. The van der Waals surface area contributed by atoms with Gasteiger partial charge in [-0.1, -0.05) is 12.2 Å². The van der Waals surface area contributed by atoms with Crippen LogP contribution >= 0.6 is 0 Å². The van der Waals surface area contributed by atoms with E-state index in [9.17, 15) is 4.79 Å². The number of carbonyl (C=O) groups excluding carboxylic acids is 1. The molecule has 6 nitrogen and oxygen atoms in total. The predicted octanol–water partition coefficient (Wildman–Crippen LogP) is 2.57. The normalized spacial score (nSPS) is 27.6. The van der Waals surface area contributed by atoms with Crippen molar-refractivity contribution in [1.29, 1.82) is 0 Å². The number of urea groups is 1. The molecule has 0 radical (unpaired) electrons. The molecule has 3 saturated heterocycles. The van der Waals surface area contributed by atoms with Crippen LogP contribution in [0.5, 0.6) is 0 Å². The fraction of sp³-hybridized carbons (Fsp3) is 0.773. The molecule has 4 aliphatic rings. The molecule has 0 aromatic carbocycles. The van der Waals surface area contributed by atoms with Crippen LogP contribution in [0.4, 0.5) is 4.79 Å². The zero-order chi connectivity index (χ0) is 19.3. The zero-order valence-electron chi connectivity index (χ0n) is 17.2. The number of amides is 2. The van der Waals surface area contributed by atoms with Crippen molar-refractivity contribution in [2.45, 2.75) is 51.0 Å². The van der Waals surface area contributed by atoms with E-state index in [4.69, 9.17) is 10.5 Å². The standard InChI is InChI=1S/C22H36N4O2/c23-21-6-2-1-5-19(21)15-20-17-24(13-14-28-20)16-18-7-11-26(12-8-18)22(27)25-9-3-4-10-25/h1,5,18,20H,2-4,6-17,23H2. The topological polar surface area (TPSA) is 62.0 Å². The Morgan fingerprint density at radius 2 is 1.86 bits per heavy atom. The molecule has 3 fully saturated rings. The maximum Gasteiger partial charge on any atom is 0.319 e. The molecule has 0 saturated carbocycles. The first-order chi connectivity index (χ1) is 13.7. The van der Waals surface area contributed by atoms with Crippen LogP contribution in [0.25, 0.3) is 0 Å². The number of carbonyl (C=O) groups is 1. The number of hydrogen-bond donors (Lipinski definition) is 1. The average molecular weight is 389 g/mol. The highest BCUT2D eigenvalue weighted by Crippen LogP contribution is 2.25. The Bertz CT molecular complexity index is 604. The summed E-state index contributed by atoms with van der Waals surface area (Å²) in [5.41, 5.74) is 8.50. The van der Waals surface area contributed by atoms with Crippen molar-refractivity contribution in [1.82, 2.24) is 14.7 Å². The summed E-state index contributed by atoms with van der Waals surface area (Å²) in [6.07, 6.45) is 12.2. The number of hydrogen-bond acceptors (Lipinski definition) is 4. The minimum Gasteiger partial charge on any atom is -0.402 e. The van der Waals surface area contributed by atoms with Crippen molar-refractivity contribution in [3.63, 3.8) is 0 Å². The smallest absolute Gasteiger partial charge is 0.319 e. The lowest BCUT2D eigenvalue weighted by atomic mass is 9.95. The van der Waals surface area contributed by atoms with Crippen LogP contribution in [0.3, 0.4) is 0 Å². The summed E-state index contributed by atoms with van der Waals surface area (Å²) in [6, 6.07) is 0.272. The Balaban J connectivity index is 1.21. The van der Waals surface area contributed by atoms with Gasteiger partial charge in [0.2, 0.25) is 0 Å². The van der Waals surface area contributed by atoms with E-state index in [2.05, 4.69) is 22.0 Å². The van der Waals surface area contributed by atoms with Crippen molar-refractivity contribution in [3.05, 3.63) is 23.4 Å². The molecule has 1 unspecified atom stereocenters. The van der Waals surface area contributed by atoms with E-state index in [0.29, 0.717) is 5.92 Å². The fourth-order valence-corrected chi connectivity index (χ4v) is 5.03. The highest BCUT2D eigenvalue weighted by atomic mass is 16.5. The summed E-state index contributed by atoms with van der Waals surface area (Å²) in [4.78, 5) is 19.2. The lowest BCUT2D eigenvalue weighted by molar-refractivity contribution is -0.0341. The van der Waals surface area contributed by atoms with Gasteiger partial charge in [-0.3, -0.25) is 4.90 Å². The number of ether oxygens (including phenoxy) is 1. The average Bonchev–Trinajstić information content (AvgIpc) is 3.25. The van der Waals surface area contributed by atoms with Crippen molar-refractivity contribution >= 4 is 6.03 Å². The predicted molar refractivity (Wildman–Crippen MR) is 111 cm³/mol. The number of likely N-dealkylation sites (tertiary alicyclic amines) is 2. The van der Waals surface area contributed by atoms with Crippen LogP contribution in [-0.4, -0.2) is 79.3 Å². The molecule has 6 heteroatoms. The molecule has 0 spiro atoms. The molecule has 0 bridgehead atoms. The summed E-state index contributed by atoms with van der Waals surface area (Å²) in [7, 11) is 0. The van der Waals surface area contributed by atoms with Gasteiger partial charge in [0.25, 0.3) is 0 Å².